The van der Waals surface area contributed by atoms with Crippen LogP contribution in [0.15, 0.2) is 30.3 Å². The third kappa shape index (κ3) is 2.49. The van der Waals surface area contributed by atoms with Gasteiger partial charge in [0.1, 0.15) is 0 Å². The second-order valence-electron chi connectivity index (χ2n) is 7.47. The van der Waals surface area contributed by atoms with E-state index in [4.69, 9.17) is 23.2 Å². The van der Waals surface area contributed by atoms with Crippen LogP contribution >= 0.6 is 23.2 Å². The summed E-state index contributed by atoms with van der Waals surface area (Å²) in [6, 6.07) is 10.4. The van der Waals surface area contributed by atoms with Gasteiger partial charge >= 0.3 is 0 Å². The lowest BCUT2D eigenvalue weighted by molar-refractivity contribution is 0.0983. The van der Waals surface area contributed by atoms with Crippen molar-refractivity contribution in [3.05, 3.63) is 51.5 Å². The maximum absolute atomic E-state index is 12.9. The van der Waals surface area contributed by atoms with Gasteiger partial charge in [0.25, 0.3) is 0 Å². The zero-order valence-electron chi connectivity index (χ0n) is 14.4. The first-order valence-corrected chi connectivity index (χ1v) is 10.0. The Labute approximate surface area is 163 Å². The highest BCUT2D eigenvalue weighted by Gasteiger charge is 2.43. The first-order valence-electron chi connectivity index (χ1n) is 9.27. The third-order valence-corrected chi connectivity index (χ3v) is 6.57. The number of hydrogen-bond donors (Lipinski definition) is 1. The van der Waals surface area contributed by atoms with E-state index in [1.165, 1.54) is 11.3 Å². The number of nitrogens with one attached hydrogen (secondary N) is 1. The lowest BCUT2D eigenvalue weighted by atomic mass is 9.86. The van der Waals surface area contributed by atoms with Crippen molar-refractivity contribution in [3.8, 4) is 11.1 Å². The Balaban J connectivity index is 1.73. The van der Waals surface area contributed by atoms with Crippen LogP contribution in [0.5, 0.6) is 0 Å². The van der Waals surface area contributed by atoms with Crippen molar-refractivity contribution in [3.63, 3.8) is 0 Å². The second kappa shape index (κ2) is 6.26. The predicted molar refractivity (Wildman–Crippen MR) is 107 cm³/mol. The molecular formula is C21H20Cl2N2O. The van der Waals surface area contributed by atoms with Crippen LogP contribution in [0.25, 0.3) is 11.1 Å². The highest BCUT2D eigenvalue weighted by Crippen LogP contribution is 2.49. The largest absolute Gasteiger partial charge is 0.367 e. The number of hydrogen-bond acceptors (Lipinski definition) is 3. The molecule has 0 spiro atoms. The van der Waals surface area contributed by atoms with Crippen molar-refractivity contribution in [2.24, 2.45) is 0 Å². The fraction of sp³-hybridized carbons (Fsp3) is 0.381. The number of ketones is 1. The molecule has 1 saturated heterocycles. The first kappa shape index (κ1) is 16.6. The number of anilines is 1. The summed E-state index contributed by atoms with van der Waals surface area (Å²) in [6.07, 6.45) is 2.68. The van der Waals surface area contributed by atoms with E-state index in [2.05, 4.69) is 16.3 Å². The standard InChI is InChI=1S/C21H20Cl2N2O/c22-13-3-4-14(18(23)10-13)12-8-15-17-11-24-6-5-19(17)25-7-1-2-20(26)16(9-12)21(15)25/h3-4,8-10,17,19,24H,1-2,5-7,11H2/t17-,19-/m0/s1. The Morgan fingerprint density at radius 3 is 2.85 bits per heavy atom. The number of benzene rings is 2. The summed E-state index contributed by atoms with van der Waals surface area (Å²) in [5, 5.41) is 4.78. The Kier molecular flexibility index (Phi) is 4.00. The fourth-order valence-corrected chi connectivity index (χ4v) is 5.39. The molecule has 0 radical (unpaired) electrons. The fourth-order valence-electron chi connectivity index (χ4n) is 4.87. The molecule has 0 bridgehead atoms. The second-order valence-corrected chi connectivity index (χ2v) is 8.32. The highest BCUT2D eigenvalue weighted by atomic mass is 35.5. The number of halogens is 2. The average Bonchev–Trinajstić information content (AvgIpc) is 2.84. The van der Waals surface area contributed by atoms with Crippen LogP contribution in [-0.2, 0) is 0 Å². The minimum absolute atomic E-state index is 0.252. The molecule has 134 valence electrons. The van der Waals surface area contributed by atoms with E-state index in [1.54, 1.807) is 6.07 Å². The molecule has 3 aliphatic rings. The molecule has 3 heterocycles. The number of rotatable bonds is 1. The molecule has 3 aliphatic heterocycles. The summed E-state index contributed by atoms with van der Waals surface area (Å²) in [5.74, 6) is 0.691. The van der Waals surface area contributed by atoms with Crippen molar-refractivity contribution >= 4 is 34.7 Å². The van der Waals surface area contributed by atoms with Crippen LogP contribution in [0.3, 0.4) is 0 Å². The van der Waals surface area contributed by atoms with Crippen molar-refractivity contribution in [2.45, 2.75) is 31.2 Å². The molecule has 0 amide bonds. The van der Waals surface area contributed by atoms with Gasteiger partial charge in [-0.05, 0) is 54.8 Å². The number of Topliss-reactive ketones (excluding diaryl/α,β-unsaturated/α-hetero) is 1. The Morgan fingerprint density at radius 2 is 2.00 bits per heavy atom. The smallest absolute Gasteiger partial charge is 0.165 e. The van der Waals surface area contributed by atoms with E-state index in [0.717, 1.165) is 49.2 Å². The third-order valence-electron chi connectivity index (χ3n) is 6.02. The minimum Gasteiger partial charge on any atom is -0.367 e. The van der Waals surface area contributed by atoms with E-state index in [0.29, 0.717) is 28.4 Å². The van der Waals surface area contributed by atoms with Crippen LogP contribution < -0.4 is 10.2 Å². The van der Waals surface area contributed by atoms with E-state index < -0.39 is 0 Å². The predicted octanol–water partition coefficient (Wildman–Crippen LogP) is 4.90. The molecule has 3 nitrogen and oxygen atoms in total. The van der Waals surface area contributed by atoms with Crippen LogP contribution in [0.2, 0.25) is 10.0 Å². The molecule has 0 aromatic heterocycles. The van der Waals surface area contributed by atoms with E-state index >= 15 is 0 Å². The Morgan fingerprint density at radius 1 is 1.12 bits per heavy atom. The van der Waals surface area contributed by atoms with Gasteiger partial charge in [-0.1, -0.05) is 29.3 Å². The maximum Gasteiger partial charge on any atom is 0.165 e. The zero-order chi connectivity index (χ0) is 17.8. The summed E-state index contributed by atoms with van der Waals surface area (Å²) < 4.78 is 0. The van der Waals surface area contributed by atoms with Crippen molar-refractivity contribution in [1.82, 2.24) is 5.32 Å². The van der Waals surface area contributed by atoms with E-state index in [1.807, 2.05) is 18.2 Å². The van der Waals surface area contributed by atoms with Crippen LogP contribution in [0.1, 0.15) is 41.1 Å². The van der Waals surface area contributed by atoms with E-state index in [9.17, 15) is 4.79 Å². The van der Waals surface area contributed by atoms with Gasteiger partial charge < -0.3 is 10.2 Å². The van der Waals surface area contributed by atoms with Crippen molar-refractivity contribution < 1.29 is 4.79 Å². The SMILES string of the molecule is O=C1CCCN2c3c1cc(-c1ccc(Cl)cc1Cl)cc3[C@@H]1CNCC[C@@H]12. The number of piperidine rings is 1. The molecule has 2 atom stereocenters. The molecule has 26 heavy (non-hydrogen) atoms. The molecule has 2 aromatic carbocycles. The molecule has 5 rings (SSSR count). The molecule has 1 fully saturated rings. The molecular weight excluding hydrogens is 367 g/mol. The summed E-state index contributed by atoms with van der Waals surface area (Å²) in [7, 11) is 0. The number of carbonyl (C=O) groups excluding carboxylic acids is 1. The molecule has 0 aliphatic carbocycles. The van der Waals surface area contributed by atoms with Crippen LogP contribution in [0.4, 0.5) is 5.69 Å². The van der Waals surface area contributed by atoms with Crippen LogP contribution in [0, 0.1) is 0 Å². The van der Waals surface area contributed by atoms with Crippen molar-refractivity contribution in [1.29, 1.82) is 0 Å². The monoisotopic (exact) mass is 386 g/mol. The van der Waals surface area contributed by atoms with Gasteiger partial charge in [0.2, 0.25) is 0 Å². The first-order chi connectivity index (χ1) is 12.6. The molecule has 0 saturated carbocycles. The summed E-state index contributed by atoms with van der Waals surface area (Å²) in [6.45, 7) is 3.00. The quantitative estimate of drug-likeness (QED) is 0.755. The highest BCUT2D eigenvalue weighted by molar-refractivity contribution is 6.36. The summed E-state index contributed by atoms with van der Waals surface area (Å²) in [5.41, 5.74) is 5.30. The number of nitrogens with zero attached hydrogens (tertiary/aromatic N) is 1. The molecule has 1 N–H and O–H groups in total. The number of fused-ring (bicyclic) bond motifs is 3. The van der Waals surface area contributed by atoms with E-state index in [-0.39, 0.29) is 5.78 Å². The number of carbonyl (C=O) groups is 1. The van der Waals surface area contributed by atoms with Gasteiger partial charge in [-0.2, -0.15) is 0 Å². The van der Waals surface area contributed by atoms with Gasteiger partial charge in [0.05, 0.1) is 5.69 Å². The lowest BCUT2D eigenvalue weighted by Gasteiger charge is -2.33. The van der Waals surface area contributed by atoms with Gasteiger partial charge in [0, 0.05) is 52.6 Å². The van der Waals surface area contributed by atoms with Gasteiger partial charge in [0.15, 0.2) is 5.78 Å². The van der Waals surface area contributed by atoms with Crippen molar-refractivity contribution in [2.75, 3.05) is 24.5 Å². The maximum atomic E-state index is 12.9. The topological polar surface area (TPSA) is 32.3 Å². The lowest BCUT2D eigenvalue weighted by Crippen LogP contribution is -2.44. The van der Waals surface area contributed by atoms with Gasteiger partial charge in [-0.3, -0.25) is 4.79 Å². The zero-order valence-corrected chi connectivity index (χ0v) is 15.9. The average molecular weight is 387 g/mol. The van der Waals surface area contributed by atoms with Gasteiger partial charge in [-0.25, -0.2) is 0 Å². The molecule has 2 aromatic rings. The normalized spacial score (nSPS) is 24.2. The Bertz CT molecular complexity index is 911. The van der Waals surface area contributed by atoms with Crippen LogP contribution in [-0.4, -0.2) is 31.5 Å². The summed E-state index contributed by atoms with van der Waals surface area (Å²) >= 11 is 12.5. The molecule has 5 heteroatoms. The van der Waals surface area contributed by atoms with Gasteiger partial charge in [-0.15, -0.1) is 0 Å². The Hall–Kier alpha value is -1.55. The molecule has 0 unspecified atom stereocenters. The minimum atomic E-state index is 0.252. The summed E-state index contributed by atoms with van der Waals surface area (Å²) in [4.78, 5) is 15.4.